The number of hydrogen-bond donors (Lipinski definition) is 1. The van der Waals surface area contributed by atoms with Gasteiger partial charge in [0.2, 0.25) is 5.91 Å². The maximum atomic E-state index is 13.5. The summed E-state index contributed by atoms with van der Waals surface area (Å²) < 4.78 is 11.6. The van der Waals surface area contributed by atoms with Crippen LogP contribution in [-0.4, -0.2) is 59.8 Å². The Balaban J connectivity index is 1.46. The molecule has 0 spiro atoms. The van der Waals surface area contributed by atoms with Gasteiger partial charge in [0.15, 0.2) is 0 Å². The van der Waals surface area contributed by atoms with Gasteiger partial charge in [0.1, 0.15) is 17.9 Å². The molecular weight excluding hydrogens is 366 g/mol. The lowest BCUT2D eigenvalue weighted by atomic mass is 9.90. The van der Waals surface area contributed by atoms with E-state index in [0.29, 0.717) is 18.9 Å². The summed E-state index contributed by atoms with van der Waals surface area (Å²) in [5.74, 6) is 0.783. The van der Waals surface area contributed by atoms with E-state index in [1.165, 1.54) is 11.1 Å². The highest BCUT2D eigenvalue weighted by Crippen LogP contribution is 2.36. The number of nitrogens with one attached hydrogen (secondary N) is 1. The van der Waals surface area contributed by atoms with E-state index in [0.717, 1.165) is 25.9 Å². The van der Waals surface area contributed by atoms with Gasteiger partial charge in [0.25, 0.3) is 0 Å². The monoisotopic (exact) mass is 395 g/mol. The first kappa shape index (κ1) is 19.9. The van der Waals surface area contributed by atoms with Crippen molar-refractivity contribution in [2.45, 2.75) is 44.4 Å². The second-order valence-electron chi connectivity index (χ2n) is 8.11. The number of benzene rings is 1. The van der Waals surface area contributed by atoms with Crippen molar-refractivity contribution in [1.82, 2.24) is 15.2 Å². The number of rotatable bonds is 6. The molecule has 1 aliphatic heterocycles. The smallest absolute Gasteiger partial charge is 0.241 e. The third-order valence-electron chi connectivity index (χ3n) is 5.82. The minimum Gasteiger partial charge on any atom is -0.490 e. The van der Waals surface area contributed by atoms with Crippen LogP contribution >= 0.6 is 0 Å². The molecule has 29 heavy (non-hydrogen) atoms. The Morgan fingerprint density at radius 3 is 2.48 bits per heavy atom. The van der Waals surface area contributed by atoms with E-state index in [1.54, 1.807) is 12.4 Å². The van der Waals surface area contributed by atoms with Crippen LogP contribution in [-0.2, 0) is 22.4 Å². The highest BCUT2D eigenvalue weighted by molar-refractivity contribution is 5.88. The van der Waals surface area contributed by atoms with Crippen molar-refractivity contribution >= 4 is 5.91 Å². The molecular formula is C23H29N3O3. The molecule has 0 unspecified atom stereocenters. The molecule has 154 valence electrons. The highest BCUT2D eigenvalue weighted by atomic mass is 16.5. The largest absolute Gasteiger partial charge is 0.490 e. The molecule has 1 aromatic heterocycles. The van der Waals surface area contributed by atoms with Gasteiger partial charge in [0.05, 0.1) is 24.9 Å². The fourth-order valence-electron chi connectivity index (χ4n) is 4.58. The number of ether oxygens (including phenoxy) is 2. The molecule has 0 saturated carbocycles. The summed E-state index contributed by atoms with van der Waals surface area (Å²) in [6.07, 6.45) is 5.08. The summed E-state index contributed by atoms with van der Waals surface area (Å²) >= 11 is 0. The van der Waals surface area contributed by atoms with E-state index < -0.39 is 5.54 Å². The van der Waals surface area contributed by atoms with Crippen LogP contribution in [0, 0.1) is 0 Å². The van der Waals surface area contributed by atoms with Gasteiger partial charge in [-0.25, -0.2) is 0 Å². The number of carbonyl (C=O) groups is 1. The molecule has 2 aliphatic rings. The minimum atomic E-state index is -0.565. The van der Waals surface area contributed by atoms with E-state index in [2.05, 4.69) is 53.3 Å². The Labute approximate surface area is 172 Å². The van der Waals surface area contributed by atoms with Crippen molar-refractivity contribution in [2.75, 3.05) is 26.2 Å². The second kappa shape index (κ2) is 8.51. The van der Waals surface area contributed by atoms with E-state index in [4.69, 9.17) is 9.47 Å². The standard InChI is InChI=1S/C23H29N3O3/c1-17-15-26(16-18(2)29-17)23(12-19-6-3-4-7-20(19)13-23)22(27)25-10-11-28-21-8-5-9-24-14-21/h3-9,14,17-18H,10-13,15-16H2,1-2H3,(H,25,27)/t17-,18+. The summed E-state index contributed by atoms with van der Waals surface area (Å²) in [4.78, 5) is 19.9. The van der Waals surface area contributed by atoms with Crippen molar-refractivity contribution in [3.05, 3.63) is 59.9 Å². The van der Waals surface area contributed by atoms with E-state index in [1.807, 2.05) is 12.1 Å². The van der Waals surface area contributed by atoms with Crippen LogP contribution in [0.5, 0.6) is 5.75 Å². The third kappa shape index (κ3) is 4.28. The Morgan fingerprint density at radius 2 is 1.86 bits per heavy atom. The van der Waals surface area contributed by atoms with Crippen LogP contribution in [0.3, 0.4) is 0 Å². The van der Waals surface area contributed by atoms with Gasteiger partial charge in [-0.1, -0.05) is 24.3 Å². The van der Waals surface area contributed by atoms with Crippen LogP contribution in [0.1, 0.15) is 25.0 Å². The summed E-state index contributed by atoms with van der Waals surface area (Å²) in [7, 11) is 0. The number of hydrogen-bond acceptors (Lipinski definition) is 5. The number of morpholine rings is 1. The van der Waals surface area contributed by atoms with Crippen molar-refractivity contribution in [2.24, 2.45) is 0 Å². The molecule has 1 saturated heterocycles. The molecule has 4 rings (SSSR count). The topological polar surface area (TPSA) is 63.7 Å². The molecule has 0 bridgehead atoms. The van der Waals surface area contributed by atoms with Crippen LogP contribution in [0.2, 0.25) is 0 Å². The summed E-state index contributed by atoms with van der Waals surface area (Å²) in [6.45, 7) is 6.56. The third-order valence-corrected chi connectivity index (χ3v) is 5.82. The molecule has 2 heterocycles. The lowest BCUT2D eigenvalue weighted by molar-refractivity contribution is -0.144. The average Bonchev–Trinajstić information content (AvgIpc) is 3.12. The van der Waals surface area contributed by atoms with Crippen LogP contribution in [0.4, 0.5) is 0 Å². The van der Waals surface area contributed by atoms with Gasteiger partial charge < -0.3 is 14.8 Å². The van der Waals surface area contributed by atoms with Gasteiger partial charge in [-0.05, 0) is 37.1 Å². The maximum Gasteiger partial charge on any atom is 0.241 e. The first-order valence-electron chi connectivity index (χ1n) is 10.4. The van der Waals surface area contributed by atoms with E-state index in [9.17, 15) is 4.79 Å². The molecule has 2 atom stereocenters. The molecule has 0 radical (unpaired) electrons. The van der Waals surface area contributed by atoms with Gasteiger partial charge in [-0.2, -0.15) is 0 Å². The number of nitrogens with zero attached hydrogens (tertiary/aromatic N) is 2. The Bertz CT molecular complexity index is 807. The fraction of sp³-hybridized carbons (Fsp3) is 0.478. The van der Waals surface area contributed by atoms with Gasteiger partial charge in [-0.15, -0.1) is 0 Å². The average molecular weight is 396 g/mol. The molecule has 1 amide bonds. The molecule has 1 aliphatic carbocycles. The Morgan fingerprint density at radius 1 is 1.17 bits per heavy atom. The Kier molecular flexibility index (Phi) is 5.83. The predicted molar refractivity (Wildman–Crippen MR) is 111 cm³/mol. The molecule has 6 nitrogen and oxygen atoms in total. The zero-order valence-corrected chi connectivity index (χ0v) is 17.1. The SMILES string of the molecule is C[C@@H]1CN(C2(C(=O)NCCOc3cccnc3)Cc3ccccc3C2)C[C@H](C)O1. The zero-order chi connectivity index (χ0) is 20.3. The van der Waals surface area contributed by atoms with Crippen LogP contribution in [0.15, 0.2) is 48.8 Å². The molecule has 2 aromatic rings. The quantitative estimate of drug-likeness (QED) is 0.760. The minimum absolute atomic E-state index is 0.0739. The van der Waals surface area contributed by atoms with Crippen LogP contribution < -0.4 is 10.1 Å². The number of pyridine rings is 1. The van der Waals surface area contributed by atoms with E-state index >= 15 is 0 Å². The number of carbonyl (C=O) groups excluding carboxylic acids is 1. The Hall–Kier alpha value is -2.44. The van der Waals surface area contributed by atoms with Gasteiger partial charge >= 0.3 is 0 Å². The van der Waals surface area contributed by atoms with Gasteiger partial charge in [0, 0.05) is 32.1 Å². The second-order valence-corrected chi connectivity index (χ2v) is 8.11. The maximum absolute atomic E-state index is 13.5. The highest BCUT2D eigenvalue weighted by Gasteiger charge is 2.49. The fourth-order valence-corrected chi connectivity index (χ4v) is 4.58. The molecule has 6 heteroatoms. The number of aromatic nitrogens is 1. The van der Waals surface area contributed by atoms with Gasteiger partial charge in [-0.3, -0.25) is 14.7 Å². The lowest BCUT2D eigenvalue weighted by Gasteiger charge is -2.45. The van der Waals surface area contributed by atoms with Crippen LogP contribution in [0.25, 0.3) is 0 Å². The van der Waals surface area contributed by atoms with Crippen molar-refractivity contribution in [3.63, 3.8) is 0 Å². The van der Waals surface area contributed by atoms with Crippen molar-refractivity contribution in [3.8, 4) is 5.75 Å². The first-order valence-corrected chi connectivity index (χ1v) is 10.4. The normalized spacial score (nSPS) is 23.4. The zero-order valence-electron chi connectivity index (χ0n) is 17.1. The predicted octanol–water partition coefficient (Wildman–Crippen LogP) is 2.22. The lowest BCUT2D eigenvalue weighted by Crippen LogP contribution is -2.64. The summed E-state index contributed by atoms with van der Waals surface area (Å²) in [5.41, 5.74) is 1.96. The van der Waals surface area contributed by atoms with E-state index in [-0.39, 0.29) is 18.1 Å². The number of fused-ring (bicyclic) bond motifs is 1. The summed E-state index contributed by atoms with van der Waals surface area (Å²) in [5, 5.41) is 3.13. The molecule has 1 N–H and O–H groups in total. The van der Waals surface area contributed by atoms with Crippen molar-refractivity contribution in [1.29, 1.82) is 0 Å². The molecule has 1 aromatic carbocycles. The number of amides is 1. The molecule has 1 fully saturated rings. The van der Waals surface area contributed by atoms with Crippen molar-refractivity contribution < 1.29 is 14.3 Å². The summed E-state index contributed by atoms with van der Waals surface area (Å²) in [6, 6.07) is 12.1. The first-order chi connectivity index (χ1) is 14.1.